The molecule has 5 aliphatic rings. The zero-order chi connectivity index (χ0) is 16.1. The lowest BCUT2D eigenvalue weighted by Crippen LogP contribution is -2.48. The molecule has 1 N–H and O–H groups in total. The molecule has 2 heteroatoms. The van der Waals surface area contributed by atoms with Gasteiger partial charge in [-0.05, 0) is 92.2 Å². The molecular formula is C22H29NO. The molecule has 0 heterocycles. The molecule has 5 saturated carbocycles. The van der Waals surface area contributed by atoms with Crippen LogP contribution in [0.4, 0.5) is 5.69 Å². The molecule has 1 amide bonds. The second-order valence-corrected chi connectivity index (χ2v) is 9.25. The van der Waals surface area contributed by atoms with Gasteiger partial charge in [0.1, 0.15) is 0 Å². The van der Waals surface area contributed by atoms with Crippen molar-refractivity contribution in [3.63, 3.8) is 0 Å². The summed E-state index contributed by atoms with van der Waals surface area (Å²) in [5, 5.41) is 3.15. The van der Waals surface area contributed by atoms with E-state index in [4.69, 9.17) is 0 Å². The second kappa shape index (κ2) is 5.61. The van der Waals surface area contributed by atoms with Crippen LogP contribution in [-0.4, -0.2) is 5.91 Å². The van der Waals surface area contributed by atoms with Crippen molar-refractivity contribution in [1.82, 2.24) is 0 Å². The van der Waals surface area contributed by atoms with E-state index in [2.05, 4.69) is 29.6 Å². The average Bonchev–Trinajstić information content (AvgIpc) is 3.09. The SMILES string of the molecule is O=C(Nc1ccc(C23CC4CC(CC(C4)C2)C3)cc1)C1CCCC1. The van der Waals surface area contributed by atoms with Crippen molar-refractivity contribution in [2.24, 2.45) is 23.7 Å². The van der Waals surface area contributed by atoms with E-state index >= 15 is 0 Å². The Labute approximate surface area is 145 Å². The van der Waals surface area contributed by atoms with Gasteiger partial charge in [-0.2, -0.15) is 0 Å². The number of benzene rings is 1. The molecule has 0 aromatic heterocycles. The second-order valence-electron chi connectivity index (χ2n) is 9.25. The standard InChI is InChI=1S/C22H29NO/c24-21(18-3-1-2-4-18)23-20-7-5-19(6-8-20)22-12-15-9-16(13-22)11-17(10-15)14-22/h5-8,15-18H,1-4,9-14H2,(H,23,24). The van der Waals surface area contributed by atoms with Crippen LogP contribution in [-0.2, 0) is 10.2 Å². The fraction of sp³-hybridized carbons (Fsp3) is 0.682. The summed E-state index contributed by atoms with van der Waals surface area (Å²) in [6, 6.07) is 8.94. The van der Waals surface area contributed by atoms with Gasteiger partial charge in [0, 0.05) is 11.6 Å². The third-order valence-electron chi connectivity index (χ3n) is 7.53. The molecule has 24 heavy (non-hydrogen) atoms. The number of carbonyl (C=O) groups excluding carboxylic acids is 1. The molecular weight excluding hydrogens is 294 g/mol. The zero-order valence-corrected chi connectivity index (χ0v) is 14.6. The van der Waals surface area contributed by atoms with Gasteiger partial charge in [-0.3, -0.25) is 4.79 Å². The number of amides is 1. The molecule has 5 aliphatic carbocycles. The quantitative estimate of drug-likeness (QED) is 0.805. The minimum Gasteiger partial charge on any atom is -0.326 e. The lowest BCUT2D eigenvalue weighted by Gasteiger charge is -2.57. The Morgan fingerprint density at radius 3 is 1.96 bits per heavy atom. The third kappa shape index (κ3) is 2.50. The summed E-state index contributed by atoms with van der Waals surface area (Å²) in [6.07, 6.45) is 13.3. The Kier molecular flexibility index (Phi) is 3.50. The predicted molar refractivity (Wildman–Crippen MR) is 96.9 cm³/mol. The maximum absolute atomic E-state index is 12.3. The summed E-state index contributed by atoms with van der Waals surface area (Å²) in [7, 11) is 0. The molecule has 0 radical (unpaired) electrons. The molecule has 1 aromatic carbocycles. The fourth-order valence-electron chi connectivity index (χ4n) is 6.80. The van der Waals surface area contributed by atoms with Gasteiger partial charge in [-0.15, -0.1) is 0 Å². The van der Waals surface area contributed by atoms with Gasteiger partial charge in [-0.25, -0.2) is 0 Å². The molecule has 0 aliphatic heterocycles. The number of nitrogens with one attached hydrogen (secondary N) is 1. The first-order valence-corrected chi connectivity index (χ1v) is 10.1. The summed E-state index contributed by atoms with van der Waals surface area (Å²) < 4.78 is 0. The number of carbonyl (C=O) groups is 1. The van der Waals surface area contributed by atoms with Crippen molar-refractivity contribution in [2.45, 2.75) is 69.6 Å². The van der Waals surface area contributed by atoms with Gasteiger partial charge in [0.05, 0.1) is 0 Å². The summed E-state index contributed by atoms with van der Waals surface area (Å²) >= 11 is 0. The molecule has 4 bridgehead atoms. The van der Waals surface area contributed by atoms with Crippen LogP contribution in [0.15, 0.2) is 24.3 Å². The van der Waals surface area contributed by atoms with E-state index in [9.17, 15) is 4.79 Å². The van der Waals surface area contributed by atoms with Crippen LogP contribution in [0.25, 0.3) is 0 Å². The Balaban J connectivity index is 1.32. The normalized spacial score (nSPS) is 37.8. The first kappa shape index (κ1) is 15.0. The molecule has 1 aromatic rings. The average molecular weight is 323 g/mol. The highest BCUT2D eigenvalue weighted by atomic mass is 16.1. The van der Waals surface area contributed by atoms with Crippen molar-refractivity contribution in [2.75, 3.05) is 5.32 Å². The maximum atomic E-state index is 12.3. The topological polar surface area (TPSA) is 29.1 Å². The number of hydrogen-bond acceptors (Lipinski definition) is 1. The maximum Gasteiger partial charge on any atom is 0.227 e. The van der Waals surface area contributed by atoms with Crippen molar-refractivity contribution < 1.29 is 4.79 Å². The highest BCUT2D eigenvalue weighted by molar-refractivity contribution is 5.92. The van der Waals surface area contributed by atoms with E-state index in [1.165, 1.54) is 51.4 Å². The molecule has 0 unspecified atom stereocenters. The Morgan fingerprint density at radius 1 is 0.875 bits per heavy atom. The Hall–Kier alpha value is -1.31. The van der Waals surface area contributed by atoms with E-state index in [-0.39, 0.29) is 11.8 Å². The molecule has 128 valence electrons. The van der Waals surface area contributed by atoms with E-state index < -0.39 is 0 Å². The first-order chi connectivity index (χ1) is 11.7. The molecule has 6 rings (SSSR count). The van der Waals surface area contributed by atoms with Crippen molar-refractivity contribution >= 4 is 11.6 Å². The van der Waals surface area contributed by atoms with Crippen LogP contribution < -0.4 is 5.32 Å². The fourth-order valence-corrected chi connectivity index (χ4v) is 6.80. The summed E-state index contributed by atoms with van der Waals surface area (Å²) in [6.45, 7) is 0. The summed E-state index contributed by atoms with van der Waals surface area (Å²) in [5.74, 6) is 3.43. The van der Waals surface area contributed by atoms with Gasteiger partial charge < -0.3 is 5.32 Å². The monoisotopic (exact) mass is 323 g/mol. The van der Waals surface area contributed by atoms with E-state index in [0.717, 1.165) is 36.3 Å². The van der Waals surface area contributed by atoms with Crippen molar-refractivity contribution in [3.8, 4) is 0 Å². The van der Waals surface area contributed by atoms with Gasteiger partial charge in [-0.1, -0.05) is 25.0 Å². The predicted octanol–water partition coefficient (Wildman–Crippen LogP) is 5.28. The van der Waals surface area contributed by atoms with Crippen LogP contribution in [0.5, 0.6) is 0 Å². The minimum absolute atomic E-state index is 0.232. The summed E-state index contributed by atoms with van der Waals surface area (Å²) in [4.78, 5) is 12.3. The smallest absolute Gasteiger partial charge is 0.227 e. The van der Waals surface area contributed by atoms with Gasteiger partial charge in [0.25, 0.3) is 0 Å². The minimum atomic E-state index is 0.232. The number of anilines is 1. The van der Waals surface area contributed by atoms with Crippen LogP contribution in [0.3, 0.4) is 0 Å². The van der Waals surface area contributed by atoms with Crippen LogP contribution in [0.2, 0.25) is 0 Å². The molecule has 0 spiro atoms. The number of hydrogen-bond donors (Lipinski definition) is 1. The third-order valence-corrected chi connectivity index (χ3v) is 7.53. The lowest BCUT2D eigenvalue weighted by molar-refractivity contribution is -0.119. The highest BCUT2D eigenvalue weighted by Crippen LogP contribution is 2.60. The van der Waals surface area contributed by atoms with Gasteiger partial charge in [0.15, 0.2) is 0 Å². The molecule has 5 fully saturated rings. The van der Waals surface area contributed by atoms with E-state index in [1.54, 1.807) is 5.56 Å². The molecule has 2 nitrogen and oxygen atoms in total. The van der Waals surface area contributed by atoms with E-state index in [0.29, 0.717) is 5.41 Å². The van der Waals surface area contributed by atoms with Crippen LogP contribution >= 0.6 is 0 Å². The van der Waals surface area contributed by atoms with Gasteiger partial charge in [0.2, 0.25) is 5.91 Å². The summed E-state index contributed by atoms with van der Waals surface area (Å²) in [5.41, 5.74) is 2.99. The number of rotatable bonds is 3. The lowest BCUT2D eigenvalue weighted by atomic mass is 9.48. The highest BCUT2D eigenvalue weighted by Gasteiger charge is 2.51. The van der Waals surface area contributed by atoms with Crippen molar-refractivity contribution in [3.05, 3.63) is 29.8 Å². The Morgan fingerprint density at radius 2 is 1.42 bits per heavy atom. The molecule has 0 atom stereocenters. The van der Waals surface area contributed by atoms with Gasteiger partial charge >= 0.3 is 0 Å². The van der Waals surface area contributed by atoms with Crippen molar-refractivity contribution in [1.29, 1.82) is 0 Å². The zero-order valence-electron chi connectivity index (χ0n) is 14.6. The first-order valence-electron chi connectivity index (χ1n) is 10.1. The Bertz CT molecular complexity index is 591. The van der Waals surface area contributed by atoms with Crippen LogP contribution in [0, 0.1) is 23.7 Å². The largest absolute Gasteiger partial charge is 0.326 e. The van der Waals surface area contributed by atoms with Crippen LogP contribution in [0.1, 0.15) is 69.8 Å². The van der Waals surface area contributed by atoms with E-state index in [1.807, 2.05) is 0 Å². The molecule has 0 saturated heterocycles.